The average molecular weight is 360 g/mol. The van der Waals surface area contributed by atoms with Crippen LogP contribution < -0.4 is 0 Å². The maximum absolute atomic E-state index is 12.3. The van der Waals surface area contributed by atoms with E-state index in [4.69, 9.17) is 0 Å². The average Bonchev–Trinajstić information content (AvgIpc) is 2.79. The Bertz CT molecular complexity index is 662. The highest BCUT2D eigenvalue weighted by molar-refractivity contribution is 9.11. The van der Waals surface area contributed by atoms with Gasteiger partial charge in [-0.1, -0.05) is 29.8 Å². The van der Waals surface area contributed by atoms with Crippen LogP contribution in [0.3, 0.4) is 0 Å². The second-order valence-corrected chi connectivity index (χ2v) is 9.04. The fourth-order valence-electron chi connectivity index (χ4n) is 1.63. The zero-order valence-corrected chi connectivity index (χ0v) is 13.8. The van der Waals surface area contributed by atoms with E-state index in [1.165, 1.54) is 15.6 Å². The largest absolute Gasteiger partial charge is 0.252 e. The summed E-state index contributed by atoms with van der Waals surface area (Å²) in [4.78, 5) is 0. The van der Waals surface area contributed by atoms with Crippen LogP contribution in [-0.2, 0) is 16.6 Å². The van der Waals surface area contributed by atoms with Gasteiger partial charge in [-0.15, -0.1) is 11.3 Å². The molecule has 1 heterocycles. The van der Waals surface area contributed by atoms with E-state index in [2.05, 4.69) is 15.9 Å². The van der Waals surface area contributed by atoms with Crippen molar-refractivity contribution < 1.29 is 8.42 Å². The molecule has 0 aliphatic carbocycles. The van der Waals surface area contributed by atoms with Crippen LogP contribution in [0.25, 0.3) is 0 Å². The summed E-state index contributed by atoms with van der Waals surface area (Å²) >= 11 is 4.51. The van der Waals surface area contributed by atoms with Crippen molar-refractivity contribution in [3.8, 4) is 0 Å². The quantitative estimate of drug-likeness (QED) is 0.835. The van der Waals surface area contributed by atoms with Crippen LogP contribution >= 0.6 is 27.3 Å². The Morgan fingerprint density at radius 3 is 2.32 bits per heavy atom. The van der Waals surface area contributed by atoms with Crippen molar-refractivity contribution in [1.82, 2.24) is 4.31 Å². The fourth-order valence-corrected chi connectivity index (χ4v) is 5.01. The molecule has 102 valence electrons. The van der Waals surface area contributed by atoms with Crippen LogP contribution in [0.5, 0.6) is 0 Å². The topological polar surface area (TPSA) is 37.4 Å². The molecule has 19 heavy (non-hydrogen) atoms. The second-order valence-electron chi connectivity index (χ2n) is 4.31. The van der Waals surface area contributed by atoms with E-state index in [0.717, 1.165) is 14.9 Å². The number of rotatable bonds is 4. The molecule has 1 aromatic heterocycles. The number of aryl methyl sites for hydroxylation is 1. The standard InChI is InChI=1S/C13H14BrNO2S2/c1-10-3-5-11(6-4-10)9-15(2)19(16,17)13-8-7-12(14)18-13/h3-8H,9H2,1-2H3. The Kier molecular flexibility index (Phi) is 4.45. The molecule has 0 aliphatic heterocycles. The third kappa shape index (κ3) is 3.45. The van der Waals surface area contributed by atoms with E-state index in [-0.39, 0.29) is 0 Å². The number of halogens is 1. The molecule has 0 aliphatic rings. The Labute approximate surface area is 126 Å². The molecule has 2 aromatic rings. The summed E-state index contributed by atoms with van der Waals surface area (Å²) in [7, 11) is -1.80. The maximum Gasteiger partial charge on any atom is 0.252 e. The van der Waals surface area contributed by atoms with Crippen LogP contribution in [0.4, 0.5) is 0 Å². The fraction of sp³-hybridized carbons (Fsp3) is 0.231. The number of nitrogens with zero attached hydrogens (tertiary/aromatic N) is 1. The van der Waals surface area contributed by atoms with Gasteiger partial charge in [0.15, 0.2) is 0 Å². The number of sulfonamides is 1. The van der Waals surface area contributed by atoms with E-state index >= 15 is 0 Å². The summed E-state index contributed by atoms with van der Waals surface area (Å²) in [5.41, 5.74) is 2.14. The molecule has 0 saturated heterocycles. The van der Waals surface area contributed by atoms with Crippen LogP contribution in [0.2, 0.25) is 0 Å². The minimum atomic E-state index is -3.40. The highest BCUT2D eigenvalue weighted by Crippen LogP contribution is 2.28. The number of hydrogen-bond acceptors (Lipinski definition) is 3. The molecule has 0 amide bonds. The van der Waals surface area contributed by atoms with Gasteiger partial charge in [-0.05, 0) is 40.5 Å². The number of thiophene rings is 1. The Morgan fingerprint density at radius 1 is 1.16 bits per heavy atom. The van der Waals surface area contributed by atoms with E-state index in [0.29, 0.717) is 10.8 Å². The van der Waals surface area contributed by atoms with Crippen molar-refractivity contribution in [2.45, 2.75) is 17.7 Å². The summed E-state index contributed by atoms with van der Waals surface area (Å²) in [6, 6.07) is 11.2. The van der Waals surface area contributed by atoms with Gasteiger partial charge in [0.1, 0.15) is 4.21 Å². The third-order valence-corrected chi connectivity index (χ3v) is 6.63. The molecule has 2 rings (SSSR count). The summed E-state index contributed by atoms with van der Waals surface area (Å²) in [6.07, 6.45) is 0. The summed E-state index contributed by atoms with van der Waals surface area (Å²) in [6.45, 7) is 2.38. The van der Waals surface area contributed by atoms with Gasteiger partial charge in [-0.3, -0.25) is 0 Å². The zero-order valence-electron chi connectivity index (χ0n) is 10.6. The van der Waals surface area contributed by atoms with Crippen LogP contribution in [0.1, 0.15) is 11.1 Å². The molecular weight excluding hydrogens is 346 g/mol. The smallest absolute Gasteiger partial charge is 0.206 e. The van der Waals surface area contributed by atoms with Gasteiger partial charge in [0.05, 0.1) is 3.79 Å². The van der Waals surface area contributed by atoms with Crippen molar-refractivity contribution >= 4 is 37.3 Å². The van der Waals surface area contributed by atoms with Gasteiger partial charge in [0.25, 0.3) is 10.0 Å². The SMILES string of the molecule is Cc1ccc(CN(C)S(=O)(=O)c2ccc(Br)s2)cc1. The van der Waals surface area contributed by atoms with Crippen molar-refractivity contribution in [3.05, 3.63) is 51.3 Å². The molecule has 6 heteroatoms. The van der Waals surface area contributed by atoms with Gasteiger partial charge < -0.3 is 0 Å². The molecule has 0 fully saturated rings. The predicted molar refractivity (Wildman–Crippen MR) is 81.9 cm³/mol. The third-order valence-electron chi connectivity index (χ3n) is 2.74. The minimum Gasteiger partial charge on any atom is -0.206 e. The van der Waals surface area contributed by atoms with E-state index in [1.54, 1.807) is 19.2 Å². The molecule has 1 aromatic carbocycles. The molecular formula is C13H14BrNO2S2. The summed E-state index contributed by atoms with van der Waals surface area (Å²) in [5, 5.41) is 0. The van der Waals surface area contributed by atoms with Crippen molar-refractivity contribution in [2.24, 2.45) is 0 Å². The number of benzene rings is 1. The van der Waals surface area contributed by atoms with Gasteiger partial charge in [0.2, 0.25) is 0 Å². The Morgan fingerprint density at radius 2 is 1.79 bits per heavy atom. The molecule has 3 nitrogen and oxygen atoms in total. The number of hydrogen-bond donors (Lipinski definition) is 0. The van der Waals surface area contributed by atoms with Crippen LogP contribution in [0, 0.1) is 6.92 Å². The molecule has 0 radical (unpaired) electrons. The normalized spacial score (nSPS) is 12.0. The summed E-state index contributed by atoms with van der Waals surface area (Å²) in [5.74, 6) is 0. The minimum absolute atomic E-state index is 0.356. The van der Waals surface area contributed by atoms with Crippen LogP contribution in [0.15, 0.2) is 44.4 Å². The second kappa shape index (κ2) is 5.75. The first-order valence-corrected chi connectivity index (χ1v) is 8.72. The first kappa shape index (κ1) is 14.7. The predicted octanol–water partition coefficient (Wildman–Crippen LogP) is 3.64. The molecule has 0 N–H and O–H groups in total. The first-order valence-electron chi connectivity index (χ1n) is 5.67. The lowest BCUT2D eigenvalue weighted by Crippen LogP contribution is -2.25. The molecule has 0 saturated carbocycles. The lowest BCUT2D eigenvalue weighted by atomic mass is 10.1. The zero-order chi connectivity index (χ0) is 14.0. The lowest BCUT2D eigenvalue weighted by molar-refractivity contribution is 0.468. The lowest BCUT2D eigenvalue weighted by Gasteiger charge is -2.16. The molecule has 0 spiro atoms. The van der Waals surface area contributed by atoms with Crippen molar-refractivity contribution in [2.75, 3.05) is 7.05 Å². The first-order chi connectivity index (χ1) is 8.89. The molecule has 0 atom stereocenters. The van der Waals surface area contributed by atoms with Gasteiger partial charge in [0, 0.05) is 13.6 Å². The van der Waals surface area contributed by atoms with Crippen LogP contribution in [-0.4, -0.2) is 19.8 Å². The Hall–Kier alpha value is -0.690. The summed E-state index contributed by atoms with van der Waals surface area (Å²) < 4.78 is 27.2. The van der Waals surface area contributed by atoms with Gasteiger partial charge in [-0.25, -0.2) is 8.42 Å². The maximum atomic E-state index is 12.3. The van der Waals surface area contributed by atoms with E-state index in [9.17, 15) is 8.42 Å². The molecule has 0 bridgehead atoms. The Balaban J connectivity index is 2.19. The van der Waals surface area contributed by atoms with Crippen molar-refractivity contribution in [1.29, 1.82) is 0 Å². The van der Waals surface area contributed by atoms with Gasteiger partial charge in [-0.2, -0.15) is 4.31 Å². The van der Waals surface area contributed by atoms with E-state index in [1.807, 2.05) is 31.2 Å². The monoisotopic (exact) mass is 359 g/mol. The van der Waals surface area contributed by atoms with Gasteiger partial charge >= 0.3 is 0 Å². The van der Waals surface area contributed by atoms with E-state index < -0.39 is 10.0 Å². The van der Waals surface area contributed by atoms with Crippen molar-refractivity contribution in [3.63, 3.8) is 0 Å². The molecule has 0 unspecified atom stereocenters. The highest BCUT2D eigenvalue weighted by atomic mass is 79.9. The highest BCUT2D eigenvalue weighted by Gasteiger charge is 2.22.